The molecular weight excluding hydrogens is 315 g/mol. The number of nitrogen functional groups attached to an aromatic ring is 1. The molecule has 0 saturated carbocycles. The summed E-state index contributed by atoms with van der Waals surface area (Å²) in [6.45, 7) is 0. The van der Waals surface area contributed by atoms with Crippen molar-refractivity contribution in [2.75, 3.05) is 5.73 Å². The molecule has 1 heterocycles. The zero-order valence-electron chi connectivity index (χ0n) is 13.0. The van der Waals surface area contributed by atoms with E-state index in [9.17, 15) is 18.4 Å². The molecule has 0 amide bonds. The summed E-state index contributed by atoms with van der Waals surface area (Å²) in [5, 5.41) is 9.47. The normalized spacial score (nSPS) is 14.6. The van der Waals surface area contributed by atoms with E-state index < -0.39 is 11.7 Å². The van der Waals surface area contributed by atoms with E-state index in [-0.39, 0.29) is 11.4 Å². The van der Waals surface area contributed by atoms with Crippen LogP contribution < -0.4 is 5.73 Å². The number of nitriles is 1. The number of fused-ring (bicyclic) bond motifs is 1. The fraction of sp³-hybridized carbons (Fsp3) is 0.333. The molecule has 0 spiro atoms. The molecule has 0 aliphatic heterocycles. The molecule has 1 aromatic carbocycles. The van der Waals surface area contributed by atoms with Crippen molar-refractivity contribution in [1.29, 1.82) is 5.26 Å². The predicted molar refractivity (Wildman–Crippen MR) is 85.1 cm³/mol. The maximum absolute atomic E-state index is 12.8. The van der Waals surface area contributed by atoms with Crippen LogP contribution in [0.2, 0.25) is 0 Å². The van der Waals surface area contributed by atoms with Crippen molar-refractivity contribution in [3.63, 3.8) is 0 Å². The summed E-state index contributed by atoms with van der Waals surface area (Å²) >= 11 is 0. The first kappa shape index (κ1) is 16.3. The van der Waals surface area contributed by atoms with E-state index in [2.05, 4.69) is 11.1 Å². The molecule has 124 valence electrons. The molecule has 1 aromatic heterocycles. The average molecular weight is 331 g/mol. The lowest BCUT2D eigenvalue weighted by atomic mass is 9.91. The largest absolute Gasteiger partial charge is 0.416 e. The summed E-state index contributed by atoms with van der Waals surface area (Å²) in [6, 6.07) is 6.96. The van der Waals surface area contributed by atoms with Gasteiger partial charge in [-0.2, -0.15) is 18.4 Å². The highest BCUT2D eigenvalue weighted by atomic mass is 19.4. The number of nitrogens with zero attached hydrogens (tertiary/aromatic N) is 2. The third-order valence-corrected chi connectivity index (χ3v) is 4.36. The monoisotopic (exact) mass is 331 g/mol. The zero-order chi connectivity index (χ0) is 17.3. The molecule has 1 aliphatic rings. The maximum Gasteiger partial charge on any atom is 0.416 e. The standard InChI is InChI=1S/C18H16F3N3/c19-18(20,21)12-8-6-11(7-9-12)16-13-4-2-1-3-5-15(13)24-17(23)14(16)10-22/h6-9H,1-5H2,(H2,23,24). The van der Waals surface area contributed by atoms with Gasteiger partial charge in [0.25, 0.3) is 0 Å². The Bertz CT molecular complexity index is 802. The average Bonchev–Trinajstić information content (AvgIpc) is 2.78. The molecule has 0 unspecified atom stereocenters. The van der Waals surface area contributed by atoms with E-state index in [1.54, 1.807) is 0 Å². The Morgan fingerprint density at radius 1 is 1.04 bits per heavy atom. The van der Waals surface area contributed by atoms with Crippen LogP contribution in [0.5, 0.6) is 0 Å². The SMILES string of the molecule is N#Cc1c(N)nc2c(c1-c1ccc(C(F)(F)F)cc1)CCCCC2. The second kappa shape index (κ2) is 6.16. The van der Waals surface area contributed by atoms with E-state index >= 15 is 0 Å². The van der Waals surface area contributed by atoms with Gasteiger partial charge in [-0.3, -0.25) is 0 Å². The van der Waals surface area contributed by atoms with Gasteiger partial charge in [0.15, 0.2) is 0 Å². The lowest BCUT2D eigenvalue weighted by molar-refractivity contribution is -0.137. The Hall–Kier alpha value is -2.55. The predicted octanol–water partition coefficient (Wildman–Crippen LogP) is 4.49. The number of hydrogen-bond donors (Lipinski definition) is 1. The highest BCUT2D eigenvalue weighted by Gasteiger charge is 2.30. The number of anilines is 1. The number of benzene rings is 1. The summed E-state index contributed by atoms with van der Waals surface area (Å²) in [4.78, 5) is 4.36. The lowest BCUT2D eigenvalue weighted by Gasteiger charge is -2.16. The first-order valence-corrected chi connectivity index (χ1v) is 7.80. The van der Waals surface area contributed by atoms with Crippen molar-refractivity contribution in [2.24, 2.45) is 0 Å². The van der Waals surface area contributed by atoms with Gasteiger partial charge in [0.05, 0.1) is 5.56 Å². The fourth-order valence-electron chi connectivity index (χ4n) is 3.20. The summed E-state index contributed by atoms with van der Waals surface area (Å²) in [5.74, 6) is 0.146. The van der Waals surface area contributed by atoms with Crippen LogP contribution in [0.25, 0.3) is 11.1 Å². The molecule has 0 fully saturated rings. The molecule has 0 bridgehead atoms. The second-order valence-corrected chi connectivity index (χ2v) is 5.92. The number of alkyl halides is 3. The highest BCUT2D eigenvalue weighted by molar-refractivity contribution is 5.79. The van der Waals surface area contributed by atoms with Gasteiger partial charge in [0.2, 0.25) is 0 Å². The summed E-state index contributed by atoms with van der Waals surface area (Å²) < 4.78 is 38.3. The third-order valence-electron chi connectivity index (χ3n) is 4.36. The van der Waals surface area contributed by atoms with Crippen molar-refractivity contribution in [2.45, 2.75) is 38.3 Å². The van der Waals surface area contributed by atoms with Gasteiger partial charge in [-0.05, 0) is 48.9 Å². The maximum atomic E-state index is 12.8. The number of aryl methyl sites for hydroxylation is 1. The molecule has 2 N–H and O–H groups in total. The minimum atomic E-state index is -4.38. The molecule has 6 heteroatoms. The topological polar surface area (TPSA) is 62.7 Å². The van der Waals surface area contributed by atoms with Crippen LogP contribution in [0.3, 0.4) is 0 Å². The number of nitrogens with two attached hydrogens (primary N) is 1. The van der Waals surface area contributed by atoms with Crippen molar-refractivity contribution in [3.8, 4) is 17.2 Å². The lowest BCUT2D eigenvalue weighted by Crippen LogP contribution is -2.07. The number of rotatable bonds is 1. The first-order chi connectivity index (χ1) is 11.4. The molecule has 0 saturated heterocycles. The Morgan fingerprint density at radius 2 is 1.71 bits per heavy atom. The van der Waals surface area contributed by atoms with Crippen LogP contribution in [-0.2, 0) is 19.0 Å². The summed E-state index contributed by atoms with van der Waals surface area (Å²) in [7, 11) is 0. The van der Waals surface area contributed by atoms with E-state index in [1.165, 1.54) is 12.1 Å². The highest BCUT2D eigenvalue weighted by Crippen LogP contribution is 2.37. The Kier molecular flexibility index (Phi) is 4.18. The molecule has 3 rings (SSSR count). The van der Waals surface area contributed by atoms with Gasteiger partial charge in [-0.1, -0.05) is 18.6 Å². The number of hydrogen-bond acceptors (Lipinski definition) is 3. The summed E-state index contributed by atoms with van der Waals surface area (Å²) in [6.07, 6.45) is 0.177. The van der Waals surface area contributed by atoms with Crippen LogP contribution >= 0.6 is 0 Å². The van der Waals surface area contributed by atoms with Gasteiger partial charge < -0.3 is 5.73 Å². The van der Waals surface area contributed by atoms with Crippen molar-refractivity contribution < 1.29 is 13.2 Å². The quantitative estimate of drug-likeness (QED) is 0.783. The van der Waals surface area contributed by atoms with Crippen molar-refractivity contribution >= 4 is 5.82 Å². The first-order valence-electron chi connectivity index (χ1n) is 7.80. The van der Waals surface area contributed by atoms with Crippen LogP contribution in [0.15, 0.2) is 24.3 Å². The van der Waals surface area contributed by atoms with E-state index in [0.717, 1.165) is 55.5 Å². The van der Waals surface area contributed by atoms with E-state index in [1.807, 2.05) is 0 Å². The Labute approximate surface area is 137 Å². The van der Waals surface area contributed by atoms with Crippen LogP contribution in [-0.4, -0.2) is 4.98 Å². The van der Waals surface area contributed by atoms with Crippen LogP contribution in [0.1, 0.15) is 41.6 Å². The minimum Gasteiger partial charge on any atom is -0.383 e. The molecule has 2 aromatic rings. The van der Waals surface area contributed by atoms with Crippen LogP contribution in [0, 0.1) is 11.3 Å². The Balaban J connectivity index is 2.19. The minimum absolute atomic E-state index is 0.146. The molecule has 24 heavy (non-hydrogen) atoms. The van der Waals surface area contributed by atoms with E-state index in [4.69, 9.17) is 5.73 Å². The van der Waals surface area contributed by atoms with Crippen molar-refractivity contribution in [3.05, 3.63) is 46.6 Å². The van der Waals surface area contributed by atoms with Gasteiger partial charge in [0, 0.05) is 11.3 Å². The van der Waals surface area contributed by atoms with Gasteiger partial charge in [0.1, 0.15) is 17.5 Å². The molecule has 1 aliphatic carbocycles. The fourth-order valence-corrected chi connectivity index (χ4v) is 3.20. The summed E-state index contributed by atoms with van der Waals surface area (Å²) in [5.41, 5.74) is 8.48. The molecular formula is C18H16F3N3. The van der Waals surface area contributed by atoms with Crippen molar-refractivity contribution in [1.82, 2.24) is 4.98 Å². The van der Waals surface area contributed by atoms with E-state index in [0.29, 0.717) is 11.1 Å². The molecule has 0 radical (unpaired) electrons. The zero-order valence-corrected chi connectivity index (χ0v) is 13.0. The van der Waals surface area contributed by atoms with Gasteiger partial charge in [-0.25, -0.2) is 4.98 Å². The number of aromatic nitrogens is 1. The Morgan fingerprint density at radius 3 is 2.33 bits per heavy atom. The second-order valence-electron chi connectivity index (χ2n) is 5.92. The third kappa shape index (κ3) is 2.94. The number of halogens is 3. The molecule has 0 atom stereocenters. The van der Waals surface area contributed by atoms with Crippen LogP contribution in [0.4, 0.5) is 19.0 Å². The smallest absolute Gasteiger partial charge is 0.383 e. The van der Waals surface area contributed by atoms with Gasteiger partial charge in [-0.15, -0.1) is 0 Å². The molecule has 3 nitrogen and oxygen atoms in total. The number of pyridine rings is 1. The van der Waals surface area contributed by atoms with Gasteiger partial charge >= 0.3 is 6.18 Å².